The van der Waals surface area contributed by atoms with Crippen molar-refractivity contribution >= 4 is 17.3 Å². The molecule has 5 heteroatoms. The molecule has 2 rings (SSSR count). The molecule has 0 saturated heterocycles. The smallest absolute Gasteiger partial charge is 0.130 e. The predicted octanol–water partition coefficient (Wildman–Crippen LogP) is 3.21. The summed E-state index contributed by atoms with van der Waals surface area (Å²) in [4.78, 5) is 4.37. The van der Waals surface area contributed by atoms with Gasteiger partial charge in [0.25, 0.3) is 0 Å². The number of nitrogen functional groups attached to an aromatic ring is 1. The van der Waals surface area contributed by atoms with E-state index >= 15 is 0 Å². The lowest BCUT2D eigenvalue weighted by molar-refractivity contribution is 0.300. The molecule has 0 atom stereocenters. The van der Waals surface area contributed by atoms with Gasteiger partial charge in [-0.2, -0.15) is 0 Å². The molecule has 0 unspecified atom stereocenters. The highest BCUT2D eigenvalue weighted by Gasteiger charge is 2.03. The van der Waals surface area contributed by atoms with Crippen LogP contribution in [0.5, 0.6) is 11.5 Å². The number of halogens is 1. The van der Waals surface area contributed by atoms with Crippen molar-refractivity contribution in [1.82, 2.24) is 4.98 Å². The van der Waals surface area contributed by atoms with E-state index in [4.69, 9.17) is 26.8 Å². The van der Waals surface area contributed by atoms with Crippen LogP contribution in [-0.2, 0) is 6.61 Å². The van der Waals surface area contributed by atoms with Gasteiger partial charge in [0.1, 0.15) is 18.1 Å². The van der Waals surface area contributed by atoms with Gasteiger partial charge in [-0.05, 0) is 19.1 Å². The lowest BCUT2D eigenvalue weighted by atomic mass is 10.3. The Bertz CT molecular complexity index is 588. The van der Waals surface area contributed by atoms with E-state index in [9.17, 15) is 0 Å². The van der Waals surface area contributed by atoms with E-state index in [1.165, 1.54) is 0 Å². The number of benzene rings is 1. The van der Waals surface area contributed by atoms with Gasteiger partial charge in [0.05, 0.1) is 23.5 Å². The highest BCUT2D eigenvalue weighted by molar-refractivity contribution is 6.33. The van der Waals surface area contributed by atoms with Gasteiger partial charge >= 0.3 is 0 Å². The Morgan fingerprint density at radius 3 is 2.68 bits per heavy atom. The van der Waals surface area contributed by atoms with Crippen LogP contribution in [0.15, 0.2) is 30.3 Å². The summed E-state index contributed by atoms with van der Waals surface area (Å²) in [5.41, 5.74) is 7.85. The van der Waals surface area contributed by atoms with Crippen LogP contribution in [0, 0.1) is 6.92 Å². The second-order valence-corrected chi connectivity index (χ2v) is 4.52. The third-order valence-corrected chi connectivity index (χ3v) is 2.90. The summed E-state index contributed by atoms with van der Waals surface area (Å²) in [6.07, 6.45) is 0. The summed E-state index contributed by atoms with van der Waals surface area (Å²) < 4.78 is 10.8. The van der Waals surface area contributed by atoms with Crippen LogP contribution in [0.2, 0.25) is 5.02 Å². The average molecular weight is 279 g/mol. The molecule has 0 fully saturated rings. The molecular formula is C14H15ClN2O2. The molecule has 0 bridgehead atoms. The Hall–Kier alpha value is -1.94. The largest absolute Gasteiger partial charge is 0.497 e. The van der Waals surface area contributed by atoms with Gasteiger partial charge in [-0.25, -0.2) is 0 Å². The Kier molecular flexibility index (Phi) is 4.12. The molecule has 1 heterocycles. The van der Waals surface area contributed by atoms with Gasteiger partial charge in [0.15, 0.2) is 0 Å². The lowest BCUT2D eigenvalue weighted by Crippen LogP contribution is -2.00. The zero-order valence-corrected chi connectivity index (χ0v) is 11.6. The Labute approximate surface area is 117 Å². The van der Waals surface area contributed by atoms with Crippen molar-refractivity contribution in [3.8, 4) is 11.5 Å². The monoisotopic (exact) mass is 278 g/mol. The fourth-order valence-corrected chi connectivity index (χ4v) is 1.82. The van der Waals surface area contributed by atoms with E-state index in [-0.39, 0.29) is 0 Å². The molecule has 2 aromatic rings. The minimum atomic E-state index is 0.346. The van der Waals surface area contributed by atoms with Gasteiger partial charge < -0.3 is 15.2 Å². The first kappa shape index (κ1) is 13.5. The average Bonchev–Trinajstić information content (AvgIpc) is 2.39. The number of aryl methyl sites for hydroxylation is 1. The maximum atomic E-state index is 5.93. The molecule has 0 aliphatic carbocycles. The summed E-state index contributed by atoms with van der Waals surface area (Å²) in [5.74, 6) is 1.42. The number of pyridine rings is 1. The molecule has 2 N–H and O–H groups in total. The second-order valence-electron chi connectivity index (χ2n) is 4.11. The molecule has 19 heavy (non-hydrogen) atoms. The van der Waals surface area contributed by atoms with Crippen LogP contribution in [0.25, 0.3) is 0 Å². The van der Waals surface area contributed by atoms with Crippen molar-refractivity contribution in [2.75, 3.05) is 12.8 Å². The second kappa shape index (κ2) is 5.80. The topological polar surface area (TPSA) is 57.4 Å². The zero-order chi connectivity index (χ0) is 13.8. The third-order valence-electron chi connectivity index (χ3n) is 2.57. The van der Waals surface area contributed by atoms with Crippen LogP contribution in [-0.4, -0.2) is 12.1 Å². The first-order valence-corrected chi connectivity index (χ1v) is 6.15. The van der Waals surface area contributed by atoms with Crippen molar-refractivity contribution in [2.24, 2.45) is 0 Å². The molecule has 4 nitrogen and oxygen atoms in total. The third kappa shape index (κ3) is 3.51. The number of rotatable bonds is 4. The number of hydrogen-bond donors (Lipinski definition) is 1. The Morgan fingerprint density at radius 2 is 2.00 bits per heavy atom. The summed E-state index contributed by atoms with van der Waals surface area (Å²) >= 11 is 5.93. The van der Waals surface area contributed by atoms with E-state index in [0.717, 1.165) is 17.1 Å². The predicted molar refractivity (Wildman–Crippen MR) is 75.7 cm³/mol. The van der Waals surface area contributed by atoms with Crippen LogP contribution in [0.3, 0.4) is 0 Å². The molecule has 100 valence electrons. The quantitative estimate of drug-likeness (QED) is 0.873. The van der Waals surface area contributed by atoms with Crippen molar-refractivity contribution in [1.29, 1.82) is 0 Å². The number of nitrogens with zero attached hydrogens (tertiary/aromatic N) is 1. The molecule has 0 aliphatic heterocycles. The molecule has 0 spiro atoms. The first-order chi connectivity index (χ1) is 9.08. The first-order valence-electron chi connectivity index (χ1n) is 5.78. The fraction of sp³-hybridized carbons (Fsp3) is 0.214. The number of ether oxygens (including phenoxy) is 2. The van der Waals surface area contributed by atoms with E-state index < -0.39 is 0 Å². The number of methoxy groups -OCH3 is 1. The van der Waals surface area contributed by atoms with Crippen LogP contribution in [0.4, 0.5) is 5.69 Å². The molecule has 0 amide bonds. The minimum absolute atomic E-state index is 0.346. The maximum absolute atomic E-state index is 5.93. The standard InChI is InChI=1S/C14H15ClN2O2/c1-9-5-12(18-2)6-10(17-9)8-19-11-3-4-14(16)13(15)7-11/h3-7H,8,16H2,1-2H3. The van der Waals surface area contributed by atoms with E-state index in [1.807, 2.05) is 19.1 Å². The normalized spacial score (nSPS) is 10.3. The van der Waals surface area contributed by atoms with E-state index in [2.05, 4.69) is 4.98 Å². The van der Waals surface area contributed by atoms with Crippen molar-refractivity contribution in [3.05, 3.63) is 46.7 Å². The highest BCUT2D eigenvalue weighted by atomic mass is 35.5. The minimum Gasteiger partial charge on any atom is -0.497 e. The van der Waals surface area contributed by atoms with Gasteiger partial charge in [0.2, 0.25) is 0 Å². The van der Waals surface area contributed by atoms with Gasteiger partial charge in [-0.1, -0.05) is 11.6 Å². The molecule has 0 aliphatic rings. The fourth-order valence-electron chi connectivity index (χ4n) is 1.65. The van der Waals surface area contributed by atoms with Crippen LogP contribution >= 0.6 is 11.6 Å². The molecular weight excluding hydrogens is 264 g/mol. The molecule has 1 aromatic heterocycles. The number of aromatic nitrogens is 1. The highest BCUT2D eigenvalue weighted by Crippen LogP contribution is 2.25. The van der Waals surface area contributed by atoms with Gasteiger partial charge in [-0.15, -0.1) is 0 Å². The molecule has 0 radical (unpaired) electrons. The van der Waals surface area contributed by atoms with E-state index in [0.29, 0.717) is 23.1 Å². The Morgan fingerprint density at radius 1 is 1.21 bits per heavy atom. The number of nitrogens with two attached hydrogens (primary N) is 1. The summed E-state index contributed by atoms with van der Waals surface area (Å²) in [6, 6.07) is 8.87. The number of hydrogen-bond acceptors (Lipinski definition) is 4. The van der Waals surface area contributed by atoms with Crippen molar-refractivity contribution in [3.63, 3.8) is 0 Å². The Balaban J connectivity index is 2.09. The SMILES string of the molecule is COc1cc(C)nc(COc2ccc(N)c(Cl)c2)c1. The lowest BCUT2D eigenvalue weighted by Gasteiger charge is -2.09. The summed E-state index contributed by atoms with van der Waals surface area (Å²) in [5, 5.41) is 0.479. The molecule has 0 saturated carbocycles. The van der Waals surface area contributed by atoms with Crippen molar-refractivity contribution < 1.29 is 9.47 Å². The zero-order valence-electron chi connectivity index (χ0n) is 10.8. The van der Waals surface area contributed by atoms with Crippen molar-refractivity contribution in [2.45, 2.75) is 13.5 Å². The van der Waals surface area contributed by atoms with Crippen LogP contribution < -0.4 is 15.2 Å². The van der Waals surface area contributed by atoms with Gasteiger partial charge in [-0.3, -0.25) is 4.98 Å². The summed E-state index contributed by atoms with van der Waals surface area (Å²) in [7, 11) is 1.62. The van der Waals surface area contributed by atoms with Gasteiger partial charge in [0, 0.05) is 23.9 Å². The van der Waals surface area contributed by atoms with Crippen LogP contribution in [0.1, 0.15) is 11.4 Å². The molecule has 1 aromatic carbocycles. The van der Waals surface area contributed by atoms with E-state index in [1.54, 1.807) is 25.3 Å². The number of anilines is 1. The maximum Gasteiger partial charge on any atom is 0.130 e. The summed E-state index contributed by atoms with van der Waals surface area (Å²) in [6.45, 7) is 2.25.